The highest BCUT2D eigenvalue weighted by molar-refractivity contribution is 7.17. The van der Waals surface area contributed by atoms with Crippen molar-refractivity contribution >= 4 is 22.3 Å². The largest absolute Gasteiger partial charge is 0.394 e. The molecule has 0 bridgehead atoms. The lowest BCUT2D eigenvalue weighted by Gasteiger charge is -2.40. The van der Waals surface area contributed by atoms with Crippen LogP contribution in [0.3, 0.4) is 0 Å². The number of carbonyl (C=O) groups excluding carboxylic acids is 1. The molecule has 0 radical (unpaired) electrons. The predicted molar refractivity (Wildman–Crippen MR) is 89.4 cm³/mol. The number of ether oxygens (including phenoxy) is 1. The molecular weight excluding hydrogens is 348 g/mol. The van der Waals surface area contributed by atoms with Gasteiger partial charge in [-0.2, -0.15) is 0 Å². The van der Waals surface area contributed by atoms with Crippen molar-refractivity contribution in [1.82, 2.24) is 4.98 Å². The second-order valence-corrected chi connectivity index (χ2v) is 6.65. The molecule has 2 heterocycles. The van der Waals surface area contributed by atoms with Gasteiger partial charge >= 0.3 is 0 Å². The van der Waals surface area contributed by atoms with E-state index in [4.69, 9.17) is 4.74 Å². The van der Waals surface area contributed by atoms with Gasteiger partial charge in [0.2, 0.25) is 5.78 Å². The van der Waals surface area contributed by atoms with Crippen LogP contribution in [0.15, 0.2) is 36.5 Å². The first-order chi connectivity index (χ1) is 12.0. The summed E-state index contributed by atoms with van der Waals surface area (Å²) in [5.74, 6) is -0.181. The third-order valence-corrected chi connectivity index (χ3v) is 4.85. The number of anilines is 1. The van der Waals surface area contributed by atoms with Crippen LogP contribution >= 0.6 is 11.3 Å². The first kappa shape index (κ1) is 17.9. The van der Waals surface area contributed by atoms with Crippen molar-refractivity contribution in [2.24, 2.45) is 0 Å². The zero-order valence-electron chi connectivity index (χ0n) is 13.0. The summed E-state index contributed by atoms with van der Waals surface area (Å²) >= 11 is 1.07. The van der Waals surface area contributed by atoms with Crippen molar-refractivity contribution < 1.29 is 30.0 Å². The van der Waals surface area contributed by atoms with Gasteiger partial charge in [0.1, 0.15) is 24.4 Å². The third-order valence-electron chi connectivity index (χ3n) is 3.92. The summed E-state index contributed by atoms with van der Waals surface area (Å²) in [4.78, 5) is 16.8. The van der Waals surface area contributed by atoms with E-state index in [0.717, 1.165) is 11.3 Å². The van der Waals surface area contributed by atoms with E-state index in [1.54, 1.807) is 24.3 Å². The molecule has 0 spiro atoms. The van der Waals surface area contributed by atoms with Gasteiger partial charge in [0.15, 0.2) is 11.4 Å². The summed E-state index contributed by atoms with van der Waals surface area (Å²) in [6.45, 7) is -0.515. The van der Waals surface area contributed by atoms with E-state index in [-0.39, 0.29) is 5.78 Å². The zero-order valence-corrected chi connectivity index (χ0v) is 13.8. The van der Waals surface area contributed by atoms with Crippen LogP contribution in [0.1, 0.15) is 15.2 Å². The van der Waals surface area contributed by atoms with Crippen molar-refractivity contribution in [2.75, 3.05) is 11.9 Å². The van der Waals surface area contributed by atoms with E-state index in [9.17, 15) is 25.2 Å². The number of nitrogens with one attached hydrogen (secondary N) is 1. The van der Waals surface area contributed by atoms with Gasteiger partial charge in [-0.1, -0.05) is 41.7 Å². The number of hydrogen-bond acceptors (Lipinski definition) is 9. The number of nitrogens with zero attached hydrogens (tertiary/aromatic N) is 1. The summed E-state index contributed by atoms with van der Waals surface area (Å²) in [5.41, 5.74) is 0.533. The van der Waals surface area contributed by atoms with E-state index in [1.807, 2.05) is 6.07 Å². The van der Waals surface area contributed by atoms with Crippen molar-refractivity contribution in [3.8, 4) is 0 Å². The molecule has 0 saturated carbocycles. The molecule has 1 aliphatic rings. The van der Waals surface area contributed by atoms with Crippen molar-refractivity contribution in [3.63, 3.8) is 0 Å². The summed E-state index contributed by atoms with van der Waals surface area (Å²) in [6, 6.07) is 8.75. The molecular formula is C16H18N2O6S. The van der Waals surface area contributed by atoms with Gasteiger partial charge in [-0.15, -0.1) is 0 Å². The molecule has 0 aliphatic carbocycles. The second kappa shape index (κ2) is 7.56. The minimum absolute atomic E-state index is 0.181. The normalized spacial score (nSPS) is 29.4. The van der Waals surface area contributed by atoms with Gasteiger partial charge in [0.25, 0.3) is 0 Å². The average molecular weight is 366 g/mol. The summed E-state index contributed by atoms with van der Waals surface area (Å²) < 4.78 is 5.35. The number of rotatable bonds is 5. The number of aliphatic hydroxyl groups excluding tert-OH is 4. The fourth-order valence-electron chi connectivity index (χ4n) is 2.52. The van der Waals surface area contributed by atoms with E-state index >= 15 is 0 Å². The van der Waals surface area contributed by atoms with E-state index in [2.05, 4.69) is 10.3 Å². The van der Waals surface area contributed by atoms with Crippen LogP contribution in [0.5, 0.6) is 0 Å². The molecule has 1 fully saturated rings. The minimum atomic E-state index is -1.48. The smallest absolute Gasteiger partial charge is 0.204 e. The fraction of sp³-hybridized carbons (Fsp3) is 0.375. The van der Waals surface area contributed by atoms with Crippen LogP contribution in [-0.4, -0.2) is 68.4 Å². The molecule has 5 atom stereocenters. The molecule has 1 aromatic heterocycles. The molecule has 25 heavy (non-hydrogen) atoms. The minimum Gasteiger partial charge on any atom is -0.394 e. The highest BCUT2D eigenvalue weighted by atomic mass is 32.1. The van der Waals surface area contributed by atoms with Crippen LogP contribution in [-0.2, 0) is 4.74 Å². The fourth-order valence-corrected chi connectivity index (χ4v) is 3.32. The Kier molecular flexibility index (Phi) is 5.42. The van der Waals surface area contributed by atoms with Gasteiger partial charge in [-0.25, -0.2) is 4.98 Å². The summed E-state index contributed by atoms with van der Waals surface area (Å²) in [7, 11) is 0. The number of hydrogen-bond donors (Lipinski definition) is 5. The first-order valence-corrected chi connectivity index (χ1v) is 8.45. The molecule has 134 valence electrons. The summed E-state index contributed by atoms with van der Waals surface area (Å²) in [6.07, 6.45) is -5.01. The van der Waals surface area contributed by atoms with E-state index < -0.39 is 37.3 Å². The summed E-state index contributed by atoms with van der Waals surface area (Å²) in [5, 5.41) is 41.8. The molecule has 3 rings (SSSR count). The maximum absolute atomic E-state index is 12.4. The highest BCUT2D eigenvalue weighted by Crippen LogP contribution is 2.26. The monoisotopic (exact) mass is 366 g/mol. The Morgan fingerprint density at radius 3 is 2.56 bits per heavy atom. The van der Waals surface area contributed by atoms with E-state index in [1.165, 1.54) is 6.20 Å². The Morgan fingerprint density at radius 1 is 1.16 bits per heavy atom. The highest BCUT2D eigenvalue weighted by Gasteiger charge is 2.43. The topological polar surface area (TPSA) is 132 Å². The molecule has 2 unspecified atom stereocenters. The van der Waals surface area contributed by atoms with Gasteiger partial charge in [0, 0.05) is 5.56 Å². The lowest BCUT2D eigenvalue weighted by Crippen LogP contribution is -2.60. The Labute approximate surface area is 147 Å². The number of ketones is 1. The van der Waals surface area contributed by atoms with Crippen LogP contribution in [0.4, 0.5) is 5.13 Å². The third kappa shape index (κ3) is 3.71. The molecule has 0 amide bonds. The lowest BCUT2D eigenvalue weighted by molar-refractivity contribution is -0.221. The van der Waals surface area contributed by atoms with Gasteiger partial charge in [-0.05, 0) is 0 Å². The Bertz CT molecular complexity index is 722. The number of thiazole rings is 1. The molecule has 1 aliphatic heterocycles. The molecule has 8 nitrogen and oxygen atoms in total. The Hall–Kier alpha value is -1.88. The Morgan fingerprint density at radius 2 is 1.88 bits per heavy atom. The SMILES string of the molecule is O=C(c1ccccc1)c1cnc(N[C@H]2OC(CO)[C@@H](O)C(O)[C@H]2O)s1. The van der Waals surface area contributed by atoms with Crippen LogP contribution < -0.4 is 5.32 Å². The maximum atomic E-state index is 12.4. The van der Waals surface area contributed by atoms with Crippen LogP contribution in [0, 0.1) is 0 Å². The van der Waals surface area contributed by atoms with Crippen molar-refractivity contribution in [3.05, 3.63) is 47.0 Å². The Balaban J connectivity index is 1.72. The number of carbonyl (C=O) groups is 1. The number of benzene rings is 1. The quantitative estimate of drug-likeness (QED) is 0.451. The van der Waals surface area contributed by atoms with Crippen LogP contribution in [0.25, 0.3) is 0 Å². The number of aliphatic hydroxyl groups is 4. The maximum Gasteiger partial charge on any atom is 0.204 e. The van der Waals surface area contributed by atoms with Gasteiger partial charge < -0.3 is 30.5 Å². The van der Waals surface area contributed by atoms with Crippen molar-refractivity contribution in [2.45, 2.75) is 30.6 Å². The van der Waals surface area contributed by atoms with Gasteiger partial charge in [-0.3, -0.25) is 4.79 Å². The number of aromatic nitrogens is 1. The predicted octanol–water partition coefficient (Wildman–Crippen LogP) is -0.414. The second-order valence-electron chi connectivity index (χ2n) is 5.62. The molecule has 2 aromatic rings. The standard InChI is InChI=1S/C16H18N2O6S/c19-7-9-12(21)13(22)14(23)15(24-9)18-16-17-6-10(25-16)11(20)8-4-2-1-3-5-8/h1-6,9,12-15,19,21-23H,7H2,(H,17,18)/t9?,12-,13?,14-,15+/m1/s1. The van der Waals surface area contributed by atoms with E-state index in [0.29, 0.717) is 15.6 Å². The molecule has 1 aromatic carbocycles. The molecule has 5 N–H and O–H groups in total. The molecule has 1 saturated heterocycles. The zero-order chi connectivity index (χ0) is 18.0. The van der Waals surface area contributed by atoms with Gasteiger partial charge in [0.05, 0.1) is 17.7 Å². The first-order valence-electron chi connectivity index (χ1n) is 7.64. The average Bonchev–Trinajstić information content (AvgIpc) is 3.11. The lowest BCUT2D eigenvalue weighted by atomic mass is 9.98. The molecule has 9 heteroatoms. The van der Waals surface area contributed by atoms with Crippen molar-refractivity contribution in [1.29, 1.82) is 0 Å². The van der Waals surface area contributed by atoms with Crippen LogP contribution in [0.2, 0.25) is 0 Å².